The quantitative estimate of drug-likeness (QED) is 0.692. The molecular formula is C21H23NO6S. The number of esters is 2. The van der Waals surface area contributed by atoms with Gasteiger partial charge in [-0.05, 0) is 38.3 Å². The molecule has 1 aromatic heterocycles. The molecule has 0 spiro atoms. The lowest BCUT2D eigenvalue weighted by molar-refractivity contribution is -0.162. The summed E-state index contributed by atoms with van der Waals surface area (Å²) < 4.78 is 15.6. The van der Waals surface area contributed by atoms with Crippen molar-refractivity contribution in [3.63, 3.8) is 0 Å². The van der Waals surface area contributed by atoms with Crippen LogP contribution in [0.5, 0.6) is 0 Å². The smallest absolute Gasteiger partial charge is 0.341 e. The maximum absolute atomic E-state index is 12.6. The SMILES string of the molecule is CCOC(=O)c1cc(-c2ccccc2)sc1NC(=O)[C@@H](C)OC(=O)[C@H]1CCCO1. The third-order valence-corrected chi connectivity index (χ3v) is 5.48. The molecule has 2 atom stereocenters. The summed E-state index contributed by atoms with van der Waals surface area (Å²) in [6, 6.07) is 11.2. The van der Waals surface area contributed by atoms with Crippen LogP contribution in [-0.4, -0.2) is 43.3 Å². The summed E-state index contributed by atoms with van der Waals surface area (Å²) in [5.41, 5.74) is 1.18. The Hall–Kier alpha value is -2.71. The molecule has 1 amide bonds. The van der Waals surface area contributed by atoms with Crippen LogP contribution in [0.15, 0.2) is 36.4 Å². The standard InChI is InChI=1S/C21H23NO6S/c1-3-26-20(24)15-12-17(14-8-5-4-6-9-14)29-19(15)22-18(23)13(2)28-21(25)16-10-7-11-27-16/h4-6,8-9,12-13,16H,3,7,10-11H2,1-2H3,(H,22,23)/t13-,16-/m1/s1. The summed E-state index contributed by atoms with van der Waals surface area (Å²) in [6.45, 7) is 3.93. The Morgan fingerprint density at radius 2 is 2.03 bits per heavy atom. The van der Waals surface area contributed by atoms with E-state index in [-0.39, 0.29) is 12.2 Å². The average Bonchev–Trinajstić information content (AvgIpc) is 3.39. The van der Waals surface area contributed by atoms with E-state index in [0.29, 0.717) is 18.0 Å². The fourth-order valence-electron chi connectivity index (χ4n) is 2.87. The minimum atomic E-state index is -1.02. The summed E-state index contributed by atoms with van der Waals surface area (Å²) in [5.74, 6) is -1.60. The Labute approximate surface area is 173 Å². The molecule has 29 heavy (non-hydrogen) atoms. The van der Waals surface area contributed by atoms with Crippen LogP contribution in [0.3, 0.4) is 0 Å². The number of carbonyl (C=O) groups excluding carboxylic acids is 3. The molecule has 0 aliphatic carbocycles. The average molecular weight is 417 g/mol. The molecule has 2 heterocycles. The minimum Gasteiger partial charge on any atom is -0.462 e. The Kier molecular flexibility index (Phi) is 7.00. The van der Waals surface area contributed by atoms with Crippen molar-refractivity contribution in [3.8, 4) is 10.4 Å². The van der Waals surface area contributed by atoms with Gasteiger partial charge in [0.05, 0.1) is 12.2 Å². The minimum absolute atomic E-state index is 0.220. The Bertz CT molecular complexity index is 873. The van der Waals surface area contributed by atoms with Gasteiger partial charge in [-0.3, -0.25) is 4.79 Å². The molecule has 0 unspecified atom stereocenters. The first-order valence-corrected chi connectivity index (χ1v) is 10.3. The number of benzene rings is 1. The summed E-state index contributed by atoms with van der Waals surface area (Å²) in [5, 5.41) is 3.05. The van der Waals surface area contributed by atoms with Crippen LogP contribution in [0.2, 0.25) is 0 Å². The van der Waals surface area contributed by atoms with E-state index in [4.69, 9.17) is 14.2 Å². The van der Waals surface area contributed by atoms with Crippen molar-refractivity contribution in [3.05, 3.63) is 42.0 Å². The summed E-state index contributed by atoms with van der Waals surface area (Å²) in [6.07, 6.45) is -0.262. The Morgan fingerprint density at radius 1 is 1.28 bits per heavy atom. The first kappa shape index (κ1) is 21.0. The van der Waals surface area contributed by atoms with Crippen molar-refractivity contribution in [1.82, 2.24) is 0 Å². The number of anilines is 1. The third kappa shape index (κ3) is 5.21. The highest BCUT2D eigenvalue weighted by molar-refractivity contribution is 7.20. The highest BCUT2D eigenvalue weighted by Gasteiger charge is 2.29. The highest BCUT2D eigenvalue weighted by atomic mass is 32.1. The topological polar surface area (TPSA) is 90.9 Å². The largest absolute Gasteiger partial charge is 0.462 e. The zero-order chi connectivity index (χ0) is 20.8. The third-order valence-electron chi connectivity index (χ3n) is 4.38. The maximum atomic E-state index is 12.6. The zero-order valence-electron chi connectivity index (χ0n) is 16.3. The predicted molar refractivity (Wildman–Crippen MR) is 109 cm³/mol. The van der Waals surface area contributed by atoms with Crippen molar-refractivity contribution < 1.29 is 28.6 Å². The maximum Gasteiger partial charge on any atom is 0.341 e. The fourth-order valence-corrected chi connectivity index (χ4v) is 3.92. The molecule has 1 saturated heterocycles. The van der Waals surface area contributed by atoms with E-state index in [0.717, 1.165) is 16.9 Å². The predicted octanol–water partition coefficient (Wildman–Crippen LogP) is 3.64. The van der Waals surface area contributed by atoms with Crippen LogP contribution >= 0.6 is 11.3 Å². The number of thiophene rings is 1. The second kappa shape index (κ2) is 9.67. The van der Waals surface area contributed by atoms with Gasteiger partial charge < -0.3 is 19.5 Å². The van der Waals surface area contributed by atoms with Gasteiger partial charge in [0.25, 0.3) is 5.91 Å². The molecule has 1 fully saturated rings. The summed E-state index contributed by atoms with van der Waals surface area (Å²) >= 11 is 1.26. The van der Waals surface area contributed by atoms with Crippen molar-refractivity contribution in [1.29, 1.82) is 0 Å². The van der Waals surface area contributed by atoms with E-state index in [9.17, 15) is 14.4 Å². The van der Waals surface area contributed by atoms with Gasteiger partial charge in [-0.2, -0.15) is 0 Å². The van der Waals surface area contributed by atoms with Gasteiger partial charge in [-0.25, -0.2) is 9.59 Å². The molecule has 3 rings (SSSR count). The first-order chi connectivity index (χ1) is 14.0. The van der Waals surface area contributed by atoms with Crippen molar-refractivity contribution in [2.24, 2.45) is 0 Å². The van der Waals surface area contributed by atoms with Crippen LogP contribution in [0, 0.1) is 0 Å². The van der Waals surface area contributed by atoms with Crippen molar-refractivity contribution in [2.75, 3.05) is 18.5 Å². The molecular weight excluding hydrogens is 394 g/mol. The number of nitrogens with one attached hydrogen (secondary N) is 1. The lowest BCUT2D eigenvalue weighted by Crippen LogP contribution is -2.34. The number of amides is 1. The number of rotatable bonds is 7. The van der Waals surface area contributed by atoms with Crippen molar-refractivity contribution >= 4 is 34.2 Å². The van der Waals surface area contributed by atoms with Crippen LogP contribution < -0.4 is 5.32 Å². The lowest BCUT2D eigenvalue weighted by atomic mass is 10.1. The van der Waals surface area contributed by atoms with E-state index >= 15 is 0 Å². The van der Waals surface area contributed by atoms with E-state index in [1.54, 1.807) is 13.0 Å². The van der Waals surface area contributed by atoms with E-state index in [1.807, 2.05) is 30.3 Å². The van der Waals surface area contributed by atoms with E-state index in [1.165, 1.54) is 18.3 Å². The molecule has 1 aromatic carbocycles. The van der Waals surface area contributed by atoms with E-state index in [2.05, 4.69) is 5.32 Å². The molecule has 0 saturated carbocycles. The molecule has 0 bridgehead atoms. The Balaban J connectivity index is 1.75. The number of carbonyl (C=O) groups is 3. The molecule has 0 radical (unpaired) electrons. The van der Waals surface area contributed by atoms with Crippen LogP contribution in [0.1, 0.15) is 37.0 Å². The van der Waals surface area contributed by atoms with Crippen LogP contribution in [0.25, 0.3) is 10.4 Å². The van der Waals surface area contributed by atoms with E-state index < -0.39 is 30.1 Å². The van der Waals surface area contributed by atoms with Crippen LogP contribution in [0.4, 0.5) is 5.00 Å². The summed E-state index contributed by atoms with van der Waals surface area (Å²) in [4.78, 5) is 37.8. The van der Waals surface area contributed by atoms with Gasteiger partial charge in [0, 0.05) is 11.5 Å². The highest BCUT2D eigenvalue weighted by Crippen LogP contribution is 2.36. The van der Waals surface area contributed by atoms with Gasteiger partial charge in [0.1, 0.15) is 5.00 Å². The molecule has 1 aliphatic rings. The van der Waals surface area contributed by atoms with Gasteiger partial charge in [-0.1, -0.05) is 30.3 Å². The molecule has 1 aliphatic heterocycles. The summed E-state index contributed by atoms with van der Waals surface area (Å²) in [7, 11) is 0. The second-order valence-corrected chi connectivity index (χ2v) is 7.56. The zero-order valence-corrected chi connectivity index (χ0v) is 17.1. The molecule has 2 aromatic rings. The van der Waals surface area contributed by atoms with Gasteiger partial charge in [-0.15, -0.1) is 11.3 Å². The molecule has 8 heteroatoms. The molecule has 154 valence electrons. The molecule has 1 N–H and O–H groups in total. The number of hydrogen-bond donors (Lipinski definition) is 1. The monoisotopic (exact) mass is 417 g/mol. The first-order valence-electron chi connectivity index (χ1n) is 9.49. The number of ether oxygens (including phenoxy) is 3. The Morgan fingerprint density at radius 3 is 2.69 bits per heavy atom. The van der Waals surface area contributed by atoms with Gasteiger partial charge in [0.2, 0.25) is 0 Å². The fraction of sp³-hybridized carbons (Fsp3) is 0.381. The lowest BCUT2D eigenvalue weighted by Gasteiger charge is -2.15. The van der Waals surface area contributed by atoms with Gasteiger partial charge in [0.15, 0.2) is 12.2 Å². The second-order valence-electron chi connectivity index (χ2n) is 6.51. The van der Waals surface area contributed by atoms with Crippen molar-refractivity contribution in [2.45, 2.75) is 38.9 Å². The normalized spacial score (nSPS) is 16.8. The molecule has 7 nitrogen and oxygen atoms in total. The number of hydrogen-bond acceptors (Lipinski definition) is 7. The van der Waals surface area contributed by atoms with Crippen LogP contribution in [-0.2, 0) is 23.8 Å². The van der Waals surface area contributed by atoms with Gasteiger partial charge >= 0.3 is 11.9 Å².